The van der Waals surface area contributed by atoms with Gasteiger partial charge in [-0.25, -0.2) is 13.5 Å². The van der Waals surface area contributed by atoms with Gasteiger partial charge in [0.15, 0.2) is 15.7 Å². The second kappa shape index (κ2) is 9.31. The third-order valence-electron chi connectivity index (χ3n) is 7.33. The summed E-state index contributed by atoms with van der Waals surface area (Å²) >= 11 is 5.88. The Bertz CT molecular complexity index is 1560. The van der Waals surface area contributed by atoms with Gasteiger partial charge in [-0.2, -0.15) is 0 Å². The number of carbonyl (C=O) groups excluding carboxylic acids is 2. The van der Waals surface area contributed by atoms with Crippen LogP contribution in [-0.2, 0) is 27.7 Å². The van der Waals surface area contributed by atoms with E-state index in [2.05, 4.69) is 25.9 Å². The molecule has 0 saturated heterocycles. The Morgan fingerprint density at radius 2 is 1.84 bits per heavy atom. The Morgan fingerprint density at radius 1 is 1.13 bits per heavy atom. The second-order valence-corrected chi connectivity index (χ2v) is 13.4. The maximum Gasteiger partial charge on any atom is 0.270 e. The summed E-state index contributed by atoms with van der Waals surface area (Å²) in [5, 5.41) is 16.6. The molecule has 38 heavy (non-hydrogen) atoms. The summed E-state index contributed by atoms with van der Waals surface area (Å²) < 4.78 is 26.1. The molecule has 0 spiro atoms. The topological polar surface area (TPSA) is 160 Å². The van der Waals surface area contributed by atoms with Crippen molar-refractivity contribution in [3.05, 3.63) is 74.4 Å². The average Bonchev–Trinajstić information content (AvgIpc) is 3.46. The molecule has 2 N–H and O–H groups in total. The van der Waals surface area contributed by atoms with Crippen LogP contribution in [-0.4, -0.2) is 68.2 Å². The second-order valence-electron chi connectivity index (χ2n) is 10.1. The Balaban J connectivity index is 1.32. The number of hydrogen-bond donors (Lipinski definition) is 2. The van der Waals surface area contributed by atoms with Crippen molar-refractivity contribution >= 4 is 33.3 Å². The van der Waals surface area contributed by atoms with Crippen molar-refractivity contribution in [2.24, 2.45) is 0 Å². The molecule has 14 heteroatoms. The molecule has 12 nitrogen and oxygen atoms in total. The zero-order valence-corrected chi connectivity index (χ0v) is 22.3. The summed E-state index contributed by atoms with van der Waals surface area (Å²) in [6.45, 7) is 3.57. The van der Waals surface area contributed by atoms with Crippen LogP contribution in [0.2, 0.25) is 5.02 Å². The number of pyridine rings is 1. The van der Waals surface area contributed by atoms with Gasteiger partial charge < -0.3 is 14.8 Å². The lowest BCUT2D eigenvalue weighted by atomic mass is 10.1. The van der Waals surface area contributed by atoms with Crippen LogP contribution in [0.4, 0.5) is 0 Å². The minimum Gasteiger partial charge on any atom is -0.348 e. The Labute approximate surface area is 223 Å². The van der Waals surface area contributed by atoms with Crippen LogP contribution in [0, 0.1) is 0 Å². The Hall–Kier alpha value is -3.58. The highest BCUT2D eigenvalue weighted by molar-refractivity contribution is 7.94. The number of aromatic amines is 1. The lowest BCUT2D eigenvalue weighted by Gasteiger charge is -2.35. The van der Waals surface area contributed by atoms with Crippen molar-refractivity contribution in [3.8, 4) is 0 Å². The highest BCUT2D eigenvalue weighted by Gasteiger charge is 2.62. The van der Waals surface area contributed by atoms with E-state index in [4.69, 9.17) is 11.6 Å². The first kappa shape index (κ1) is 26.0. The molecule has 1 aliphatic carbocycles. The lowest BCUT2D eigenvalue weighted by Crippen LogP contribution is -2.52. The van der Waals surface area contributed by atoms with Crippen LogP contribution in [0.15, 0.2) is 41.2 Å². The van der Waals surface area contributed by atoms with Gasteiger partial charge in [0.1, 0.15) is 16.0 Å². The fourth-order valence-corrected chi connectivity index (χ4v) is 7.27. The number of nitrogens with one attached hydrogen (secondary N) is 2. The Morgan fingerprint density at radius 3 is 2.47 bits per heavy atom. The molecule has 2 aromatic heterocycles. The number of sulfone groups is 1. The molecule has 3 aromatic rings. The van der Waals surface area contributed by atoms with Crippen molar-refractivity contribution in [2.75, 3.05) is 13.1 Å². The van der Waals surface area contributed by atoms with E-state index < -0.39 is 36.7 Å². The third kappa shape index (κ3) is 4.29. The fourth-order valence-electron chi connectivity index (χ4n) is 4.76. The predicted octanol–water partition coefficient (Wildman–Crippen LogP) is 1.28. The first-order valence-electron chi connectivity index (χ1n) is 12.0. The molecule has 1 aliphatic heterocycles. The summed E-state index contributed by atoms with van der Waals surface area (Å²) in [5.41, 5.74) is 0.283. The maximum absolute atomic E-state index is 13.7. The minimum atomic E-state index is -3.80. The summed E-state index contributed by atoms with van der Waals surface area (Å²) in [6, 6.07) is 9.72. The van der Waals surface area contributed by atoms with Crippen LogP contribution >= 0.6 is 11.6 Å². The van der Waals surface area contributed by atoms with Gasteiger partial charge in [-0.1, -0.05) is 23.7 Å². The number of halogens is 1. The summed E-state index contributed by atoms with van der Waals surface area (Å²) in [4.78, 5) is 40.6. The minimum absolute atomic E-state index is 0.00329. The molecule has 1 fully saturated rings. The van der Waals surface area contributed by atoms with E-state index in [0.717, 1.165) is 5.56 Å². The zero-order chi connectivity index (χ0) is 27.3. The molecule has 2 aliphatic rings. The van der Waals surface area contributed by atoms with Crippen molar-refractivity contribution in [1.82, 2.24) is 35.4 Å². The molecule has 5 rings (SSSR count). The zero-order valence-electron chi connectivity index (χ0n) is 20.8. The number of fused-ring (bicyclic) bond motifs is 1. The van der Waals surface area contributed by atoms with Gasteiger partial charge in [0.2, 0.25) is 0 Å². The number of amides is 2. The molecule has 0 radical (unpaired) electrons. The molecule has 200 valence electrons. The van der Waals surface area contributed by atoms with Gasteiger partial charge >= 0.3 is 0 Å². The molecule has 2 amide bonds. The van der Waals surface area contributed by atoms with Gasteiger partial charge in [0.25, 0.3) is 17.4 Å². The van der Waals surface area contributed by atoms with Gasteiger partial charge in [0.05, 0.1) is 4.75 Å². The van der Waals surface area contributed by atoms with E-state index in [1.807, 2.05) is 0 Å². The van der Waals surface area contributed by atoms with E-state index in [1.165, 1.54) is 35.4 Å². The molecular formula is C24H26ClN7O5S. The average molecular weight is 560 g/mol. The van der Waals surface area contributed by atoms with Crippen molar-refractivity contribution in [2.45, 2.75) is 49.3 Å². The number of tetrazole rings is 1. The largest absolute Gasteiger partial charge is 0.348 e. The smallest absolute Gasteiger partial charge is 0.270 e. The first-order chi connectivity index (χ1) is 18.0. The predicted molar refractivity (Wildman–Crippen MR) is 137 cm³/mol. The van der Waals surface area contributed by atoms with Crippen LogP contribution < -0.4 is 10.9 Å². The first-order valence-corrected chi connectivity index (χ1v) is 13.9. The normalized spacial score (nSPS) is 16.7. The number of H-pyrrole nitrogens is 1. The maximum atomic E-state index is 13.7. The quantitative estimate of drug-likeness (QED) is 0.417. The number of carbonyl (C=O) groups is 2. The van der Waals surface area contributed by atoms with Crippen LogP contribution in [0.25, 0.3) is 0 Å². The fraction of sp³-hybridized carbons (Fsp3) is 0.417. The van der Waals surface area contributed by atoms with Crippen molar-refractivity contribution in [1.29, 1.82) is 0 Å². The lowest BCUT2D eigenvalue weighted by molar-refractivity contribution is 0.0694. The van der Waals surface area contributed by atoms with Gasteiger partial charge in [-0.15, -0.1) is 5.10 Å². The third-order valence-corrected chi connectivity index (χ3v) is 10.8. The van der Waals surface area contributed by atoms with Gasteiger partial charge in [-0.3, -0.25) is 14.4 Å². The molecule has 3 heterocycles. The standard InChI is InChI=1S/C24H26ClN7O5S/c1-23(2,22-27-29-30-28-22)38(36,37)24(9-10-24)14-31-11-12-32-18(21(31)35)8-7-17(20(32)34)19(33)26-13-15-3-5-16(25)6-4-15/h3-8H,9-14H2,1-2H3,(H,26,33)(H,27,28,29,30). The van der Waals surface area contributed by atoms with Crippen molar-refractivity contribution in [3.63, 3.8) is 0 Å². The van der Waals surface area contributed by atoms with E-state index in [1.54, 1.807) is 24.3 Å². The molecule has 0 atom stereocenters. The van der Waals surface area contributed by atoms with Gasteiger partial charge in [-0.05, 0) is 66.9 Å². The molecule has 0 unspecified atom stereocenters. The number of aromatic nitrogens is 5. The van der Waals surface area contributed by atoms with Crippen LogP contribution in [0.3, 0.4) is 0 Å². The summed E-state index contributed by atoms with van der Waals surface area (Å²) in [5.74, 6) is -0.878. The summed E-state index contributed by atoms with van der Waals surface area (Å²) in [6.07, 6.45) is 0.813. The van der Waals surface area contributed by atoms with Crippen LogP contribution in [0.5, 0.6) is 0 Å². The van der Waals surface area contributed by atoms with Crippen LogP contribution in [0.1, 0.15) is 58.9 Å². The van der Waals surface area contributed by atoms with Gasteiger partial charge in [0, 0.05) is 31.2 Å². The number of rotatable bonds is 8. The van der Waals surface area contributed by atoms with E-state index in [-0.39, 0.29) is 43.3 Å². The molecule has 1 aromatic carbocycles. The van der Waals surface area contributed by atoms with E-state index in [0.29, 0.717) is 17.9 Å². The monoisotopic (exact) mass is 559 g/mol. The highest BCUT2D eigenvalue weighted by Crippen LogP contribution is 2.51. The van der Waals surface area contributed by atoms with Crippen molar-refractivity contribution < 1.29 is 18.0 Å². The van der Waals surface area contributed by atoms with E-state index >= 15 is 0 Å². The number of benzene rings is 1. The highest BCUT2D eigenvalue weighted by atomic mass is 35.5. The SMILES string of the molecule is CC(C)(c1nnn[nH]1)S(=O)(=O)C1(CN2CCn3c(ccc(C(=O)NCc4ccc(Cl)cc4)c3=O)C2=O)CC1. The molecule has 0 bridgehead atoms. The summed E-state index contributed by atoms with van der Waals surface area (Å²) in [7, 11) is -3.80. The molecular weight excluding hydrogens is 534 g/mol. The number of nitrogens with zero attached hydrogens (tertiary/aromatic N) is 5. The number of hydrogen-bond acceptors (Lipinski definition) is 8. The molecule has 1 saturated carbocycles. The van der Waals surface area contributed by atoms with E-state index in [9.17, 15) is 22.8 Å². The Kier molecular flexibility index (Phi) is 6.38.